The third-order valence-electron chi connectivity index (χ3n) is 2.81. The smallest absolute Gasteiger partial charge is 0.339 e. The Morgan fingerprint density at radius 1 is 1.14 bits per heavy atom. The van der Waals surface area contributed by atoms with Crippen molar-refractivity contribution in [2.24, 2.45) is 5.16 Å². The van der Waals surface area contributed by atoms with Crippen molar-refractivity contribution in [3.8, 4) is 0 Å². The Balaban J connectivity index is 2.52. The second-order valence-corrected chi connectivity index (χ2v) is 5.69. The van der Waals surface area contributed by atoms with Crippen LogP contribution in [0.1, 0.15) is 36.7 Å². The van der Waals surface area contributed by atoms with Gasteiger partial charge in [0.15, 0.2) is 11.9 Å². The Labute approximate surface area is 128 Å². The molecule has 0 aliphatic rings. The molecule has 0 atom stereocenters. The van der Waals surface area contributed by atoms with E-state index in [0.29, 0.717) is 5.56 Å². The Morgan fingerprint density at radius 3 is 2.48 bits per heavy atom. The summed E-state index contributed by atoms with van der Waals surface area (Å²) in [4.78, 5) is 12.3. The molecule has 0 amide bonds. The number of hydrogen-bond donors (Lipinski definition) is 0. The molecule has 4 nitrogen and oxygen atoms in total. The minimum atomic E-state index is -0.537. The van der Waals surface area contributed by atoms with Gasteiger partial charge in [-0.05, 0) is 37.6 Å². The van der Waals surface area contributed by atoms with Crippen LogP contribution < -0.4 is 0 Å². The van der Waals surface area contributed by atoms with Crippen LogP contribution in [0.5, 0.6) is 0 Å². The molecule has 0 fully saturated rings. The van der Waals surface area contributed by atoms with Gasteiger partial charge in [-0.15, -0.1) is 0 Å². The summed E-state index contributed by atoms with van der Waals surface area (Å²) < 4.78 is 9.62. The van der Waals surface area contributed by atoms with Gasteiger partial charge in [-0.3, -0.25) is 4.39 Å². The fourth-order valence-corrected chi connectivity index (χ4v) is 2.07. The monoisotopic (exact) mass is 305 g/mol. The highest BCUT2D eigenvalue weighted by Crippen LogP contribution is 2.24. The summed E-state index contributed by atoms with van der Waals surface area (Å²) in [5.41, 5.74) is 0.785. The van der Waals surface area contributed by atoms with Crippen LogP contribution in [0.2, 0.25) is 0 Å². The number of ether oxygens (including phenoxy) is 1. The van der Waals surface area contributed by atoms with Crippen molar-refractivity contribution in [1.82, 2.24) is 0 Å². The van der Waals surface area contributed by atoms with Gasteiger partial charge in [-0.2, -0.15) is 0 Å². The molecule has 0 aromatic heterocycles. The van der Waals surface area contributed by atoms with Gasteiger partial charge < -0.3 is 4.74 Å². The van der Waals surface area contributed by atoms with Gasteiger partial charge in [-0.1, -0.05) is 35.5 Å². The van der Waals surface area contributed by atoms with Crippen LogP contribution in [-0.2, 0) is 9.13 Å². The van der Waals surface area contributed by atoms with Crippen LogP contribution in [0.3, 0.4) is 0 Å². The van der Waals surface area contributed by atoms with E-state index in [0.717, 1.165) is 16.3 Å². The van der Waals surface area contributed by atoms with E-state index < -0.39 is 5.60 Å². The first-order valence-electron chi connectivity index (χ1n) is 6.48. The van der Waals surface area contributed by atoms with Crippen molar-refractivity contribution in [2.75, 3.05) is 0 Å². The zero-order valence-electron chi connectivity index (χ0n) is 12.1. The van der Waals surface area contributed by atoms with E-state index in [1.54, 1.807) is 12.1 Å². The van der Waals surface area contributed by atoms with E-state index in [4.69, 9.17) is 16.6 Å². The number of esters is 1. The lowest BCUT2D eigenvalue weighted by molar-refractivity contribution is 0.00719. The minimum Gasteiger partial charge on any atom is -0.456 e. The normalized spacial score (nSPS) is 11.8. The van der Waals surface area contributed by atoms with Gasteiger partial charge in [0.05, 0.1) is 11.8 Å². The van der Waals surface area contributed by atoms with Crippen LogP contribution >= 0.6 is 11.9 Å². The lowest BCUT2D eigenvalue weighted by atomic mass is 10.0. The third-order valence-corrected chi connectivity index (χ3v) is 2.89. The number of fused-ring (bicyclic) bond motifs is 1. The van der Waals surface area contributed by atoms with Crippen LogP contribution in [0.15, 0.2) is 41.6 Å². The largest absolute Gasteiger partial charge is 0.456 e. The highest BCUT2D eigenvalue weighted by atomic mass is 35.5. The molecule has 0 heterocycles. The summed E-state index contributed by atoms with van der Waals surface area (Å²) >= 11 is 5.08. The Kier molecular flexibility index (Phi) is 4.48. The van der Waals surface area contributed by atoms with Gasteiger partial charge >= 0.3 is 5.97 Å². The standard InChI is InChI=1S/C16H16ClNO3/c1-16(2,3)20-15(19)14-9-5-7-12-11(10-18-21-17)6-4-8-13(12)14/h4-10H,1-3H3. The van der Waals surface area contributed by atoms with E-state index >= 15 is 0 Å². The number of rotatable bonds is 3. The maximum atomic E-state index is 12.3. The molecule has 0 saturated carbocycles. The molecule has 0 aliphatic carbocycles. The Morgan fingerprint density at radius 2 is 1.81 bits per heavy atom. The first-order chi connectivity index (χ1) is 9.92. The lowest BCUT2D eigenvalue weighted by Gasteiger charge is -2.20. The molecule has 2 aromatic rings. The zero-order chi connectivity index (χ0) is 15.5. The van der Waals surface area contributed by atoms with Crippen molar-refractivity contribution in [3.63, 3.8) is 0 Å². The number of carbonyl (C=O) groups is 1. The maximum Gasteiger partial charge on any atom is 0.339 e. The van der Waals surface area contributed by atoms with Gasteiger partial charge in [-0.25, -0.2) is 4.79 Å². The van der Waals surface area contributed by atoms with Gasteiger partial charge in [0.25, 0.3) is 0 Å². The average Bonchev–Trinajstić information content (AvgIpc) is 2.42. The fraction of sp³-hybridized carbons (Fsp3) is 0.250. The van der Waals surface area contributed by atoms with Crippen LogP contribution in [0.25, 0.3) is 10.8 Å². The molecule has 0 bridgehead atoms. The van der Waals surface area contributed by atoms with Crippen molar-refractivity contribution >= 4 is 34.8 Å². The number of benzene rings is 2. The molecule has 2 aromatic carbocycles. The molecule has 0 radical (unpaired) electrons. The summed E-state index contributed by atoms with van der Waals surface area (Å²) in [7, 11) is 0. The highest BCUT2D eigenvalue weighted by molar-refractivity contribution is 6.10. The summed E-state index contributed by atoms with van der Waals surface area (Å²) in [6, 6.07) is 11.0. The number of carbonyl (C=O) groups excluding carboxylic acids is 1. The predicted octanol–water partition coefficient (Wildman–Crippen LogP) is 4.30. The van der Waals surface area contributed by atoms with Crippen LogP contribution in [-0.4, -0.2) is 17.8 Å². The van der Waals surface area contributed by atoms with E-state index in [-0.39, 0.29) is 5.97 Å². The van der Waals surface area contributed by atoms with Crippen molar-refractivity contribution < 1.29 is 13.9 Å². The molecule has 0 unspecified atom stereocenters. The zero-order valence-corrected chi connectivity index (χ0v) is 12.8. The minimum absolute atomic E-state index is 0.351. The molecular formula is C16H16ClNO3. The number of oxime groups is 1. The number of halogens is 1. The van der Waals surface area contributed by atoms with Crippen molar-refractivity contribution in [1.29, 1.82) is 0 Å². The molecule has 21 heavy (non-hydrogen) atoms. The maximum absolute atomic E-state index is 12.3. The van der Waals surface area contributed by atoms with Crippen LogP contribution in [0.4, 0.5) is 0 Å². The second kappa shape index (κ2) is 6.14. The van der Waals surface area contributed by atoms with Gasteiger partial charge in [0.1, 0.15) is 5.60 Å². The average molecular weight is 306 g/mol. The molecule has 0 aliphatic heterocycles. The molecule has 110 valence electrons. The van der Waals surface area contributed by atoms with E-state index in [2.05, 4.69) is 9.55 Å². The SMILES string of the molecule is CC(C)(C)OC(=O)c1cccc2c(C=NOCl)cccc12. The molecule has 0 saturated heterocycles. The summed E-state index contributed by atoms with van der Waals surface area (Å²) in [6.45, 7) is 5.52. The van der Waals surface area contributed by atoms with Gasteiger partial charge in [0.2, 0.25) is 0 Å². The second-order valence-electron chi connectivity index (χ2n) is 5.55. The molecule has 0 spiro atoms. The molecule has 0 N–H and O–H groups in total. The molecular weight excluding hydrogens is 290 g/mol. The fourth-order valence-electron chi connectivity index (χ4n) is 2.03. The quantitative estimate of drug-likeness (QED) is 0.482. The topological polar surface area (TPSA) is 47.9 Å². The number of hydrogen-bond acceptors (Lipinski definition) is 4. The first-order valence-corrected chi connectivity index (χ1v) is 6.79. The van der Waals surface area contributed by atoms with Crippen molar-refractivity contribution in [2.45, 2.75) is 26.4 Å². The third kappa shape index (κ3) is 3.73. The van der Waals surface area contributed by atoms with E-state index in [1.807, 2.05) is 45.0 Å². The van der Waals surface area contributed by atoms with Crippen LogP contribution in [0, 0.1) is 0 Å². The summed E-state index contributed by atoms with van der Waals surface area (Å²) in [5, 5.41) is 5.22. The summed E-state index contributed by atoms with van der Waals surface area (Å²) in [5.74, 6) is -0.351. The lowest BCUT2D eigenvalue weighted by Crippen LogP contribution is -2.24. The predicted molar refractivity (Wildman–Crippen MR) is 83.6 cm³/mol. The highest BCUT2D eigenvalue weighted by Gasteiger charge is 2.19. The molecule has 2 rings (SSSR count). The van der Waals surface area contributed by atoms with Crippen molar-refractivity contribution in [3.05, 3.63) is 47.5 Å². The first kappa shape index (κ1) is 15.3. The molecule has 5 heteroatoms. The van der Waals surface area contributed by atoms with E-state index in [9.17, 15) is 4.79 Å². The van der Waals surface area contributed by atoms with E-state index in [1.165, 1.54) is 6.21 Å². The van der Waals surface area contributed by atoms with Gasteiger partial charge in [0, 0.05) is 5.56 Å². The Hall–Kier alpha value is -2.07. The number of nitrogens with zero attached hydrogens (tertiary/aromatic N) is 1. The Bertz CT molecular complexity index is 689. The summed E-state index contributed by atoms with van der Waals surface area (Å²) in [6.07, 6.45) is 1.49.